The summed E-state index contributed by atoms with van der Waals surface area (Å²) in [5, 5.41) is 11.1. The third-order valence-electron chi connectivity index (χ3n) is 1.91. The van der Waals surface area contributed by atoms with Crippen molar-refractivity contribution in [1.82, 2.24) is 0 Å². The number of rotatable bonds is 4. The molecule has 0 spiro atoms. The summed E-state index contributed by atoms with van der Waals surface area (Å²) in [6.45, 7) is 1.36. The van der Waals surface area contributed by atoms with Crippen LogP contribution in [0.1, 0.15) is 6.92 Å². The predicted octanol–water partition coefficient (Wildman–Crippen LogP) is 0.818. The molecule has 0 saturated carbocycles. The average molecular weight is 245 g/mol. The first-order valence-corrected chi connectivity index (χ1v) is 5.82. The fourth-order valence-corrected chi connectivity index (χ4v) is 1.76. The standard InChI is InChI=1S/C9H11NO5S/c1-6(9(11)12)10-7-4-2-3-5-8(7)16(13,14)15/h2-6,10H,1H3,(H,11,12)(H,13,14,15). The van der Waals surface area contributed by atoms with E-state index in [9.17, 15) is 13.2 Å². The molecule has 0 radical (unpaired) electrons. The summed E-state index contributed by atoms with van der Waals surface area (Å²) in [5.41, 5.74) is 0.0555. The summed E-state index contributed by atoms with van der Waals surface area (Å²) in [7, 11) is -4.36. The van der Waals surface area contributed by atoms with Crippen molar-refractivity contribution in [2.45, 2.75) is 17.9 Å². The van der Waals surface area contributed by atoms with Crippen LogP contribution in [0.3, 0.4) is 0 Å². The quantitative estimate of drug-likeness (QED) is 0.678. The van der Waals surface area contributed by atoms with Crippen molar-refractivity contribution < 1.29 is 22.9 Å². The lowest BCUT2D eigenvalue weighted by molar-refractivity contribution is -0.137. The van der Waals surface area contributed by atoms with Crippen LogP contribution in [0.4, 0.5) is 5.69 Å². The number of para-hydroxylation sites is 1. The zero-order valence-corrected chi connectivity index (χ0v) is 9.23. The minimum absolute atomic E-state index is 0.0555. The van der Waals surface area contributed by atoms with E-state index in [0.717, 1.165) is 0 Å². The van der Waals surface area contributed by atoms with Crippen LogP contribution in [0.15, 0.2) is 29.2 Å². The maximum atomic E-state index is 11.0. The van der Waals surface area contributed by atoms with Gasteiger partial charge in [-0.3, -0.25) is 9.35 Å². The van der Waals surface area contributed by atoms with Gasteiger partial charge in [-0.2, -0.15) is 8.42 Å². The normalized spacial score (nSPS) is 13.1. The first-order chi connectivity index (χ1) is 7.32. The van der Waals surface area contributed by atoms with Gasteiger partial charge in [-0.1, -0.05) is 12.1 Å². The average Bonchev–Trinajstić information content (AvgIpc) is 2.16. The summed E-state index contributed by atoms with van der Waals surface area (Å²) in [6, 6.07) is 4.57. The van der Waals surface area contributed by atoms with E-state index in [1.165, 1.54) is 31.2 Å². The van der Waals surface area contributed by atoms with Crippen molar-refractivity contribution in [3.05, 3.63) is 24.3 Å². The molecule has 6 nitrogen and oxygen atoms in total. The van der Waals surface area contributed by atoms with Gasteiger partial charge in [0.15, 0.2) is 0 Å². The summed E-state index contributed by atoms with van der Waals surface area (Å²) in [5.74, 6) is -1.12. The third kappa shape index (κ3) is 2.94. The molecule has 0 bridgehead atoms. The molecule has 1 atom stereocenters. The molecule has 1 rings (SSSR count). The minimum Gasteiger partial charge on any atom is -0.480 e. The number of anilines is 1. The molecule has 1 aromatic rings. The number of hydrogen-bond acceptors (Lipinski definition) is 4. The van der Waals surface area contributed by atoms with Crippen LogP contribution in [0.25, 0.3) is 0 Å². The molecule has 1 aromatic carbocycles. The maximum absolute atomic E-state index is 11.0. The first kappa shape index (κ1) is 12.5. The van der Waals surface area contributed by atoms with Gasteiger partial charge >= 0.3 is 5.97 Å². The molecule has 0 heterocycles. The van der Waals surface area contributed by atoms with Gasteiger partial charge in [0.2, 0.25) is 0 Å². The summed E-state index contributed by atoms with van der Waals surface area (Å²) in [4.78, 5) is 10.2. The van der Waals surface area contributed by atoms with Gasteiger partial charge in [0.1, 0.15) is 10.9 Å². The van der Waals surface area contributed by atoms with Gasteiger partial charge in [0.05, 0.1) is 5.69 Å². The molecule has 0 amide bonds. The summed E-state index contributed by atoms with van der Waals surface area (Å²) >= 11 is 0. The molecule has 1 unspecified atom stereocenters. The Hall–Kier alpha value is -1.60. The highest BCUT2D eigenvalue weighted by atomic mass is 32.2. The highest BCUT2D eigenvalue weighted by Crippen LogP contribution is 2.20. The number of nitrogens with one attached hydrogen (secondary N) is 1. The summed E-state index contributed by atoms with van der Waals surface area (Å²) < 4.78 is 30.9. The second kappa shape index (κ2) is 4.50. The largest absolute Gasteiger partial charge is 0.480 e. The molecular weight excluding hydrogens is 234 g/mol. The number of benzene rings is 1. The van der Waals surface area contributed by atoms with Crippen LogP contribution < -0.4 is 5.32 Å². The SMILES string of the molecule is CC(Nc1ccccc1S(=O)(=O)O)C(=O)O. The minimum atomic E-state index is -4.36. The van der Waals surface area contributed by atoms with E-state index in [-0.39, 0.29) is 10.6 Å². The number of aliphatic carboxylic acids is 1. The second-order valence-corrected chi connectivity index (χ2v) is 4.57. The van der Waals surface area contributed by atoms with Crippen LogP contribution in [0.5, 0.6) is 0 Å². The Morgan fingerprint density at radius 3 is 2.44 bits per heavy atom. The molecule has 0 aromatic heterocycles. The zero-order valence-electron chi connectivity index (χ0n) is 8.41. The number of hydrogen-bond donors (Lipinski definition) is 3. The molecule has 0 aliphatic rings. The van der Waals surface area contributed by atoms with E-state index in [4.69, 9.17) is 9.66 Å². The van der Waals surface area contributed by atoms with Gasteiger partial charge in [-0.15, -0.1) is 0 Å². The monoisotopic (exact) mass is 245 g/mol. The molecule has 0 saturated heterocycles. The van der Waals surface area contributed by atoms with Crippen LogP contribution >= 0.6 is 0 Å². The fourth-order valence-electron chi connectivity index (χ4n) is 1.11. The van der Waals surface area contributed by atoms with Crippen molar-refractivity contribution in [1.29, 1.82) is 0 Å². The van der Waals surface area contributed by atoms with Crippen LogP contribution in [-0.4, -0.2) is 30.1 Å². The van der Waals surface area contributed by atoms with E-state index in [1.807, 2.05) is 0 Å². The van der Waals surface area contributed by atoms with E-state index in [0.29, 0.717) is 0 Å². The van der Waals surface area contributed by atoms with Gasteiger partial charge in [0, 0.05) is 0 Å². The topological polar surface area (TPSA) is 104 Å². The molecule has 7 heteroatoms. The maximum Gasteiger partial charge on any atom is 0.325 e. The van der Waals surface area contributed by atoms with Gasteiger partial charge in [-0.25, -0.2) is 0 Å². The van der Waals surface area contributed by atoms with E-state index >= 15 is 0 Å². The lowest BCUT2D eigenvalue weighted by atomic mass is 10.2. The van der Waals surface area contributed by atoms with Crippen LogP contribution in [-0.2, 0) is 14.9 Å². The molecule has 0 fully saturated rings. The Kier molecular flexibility index (Phi) is 3.51. The van der Waals surface area contributed by atoms with Gasteiger partial charge in [-0.05, 0) is 19.1 Å². The number of carboxylic acids is 1. The predicted molar refractivity (Wildman–Crippen MR) is 57.0 cm³/mol. The highest BCUT2D eigenvalue weighted by molar-refractivity contribution is 7.86. The molecule has 88 valence electrons. The van der Waals surface area contributed by atoms with Gasteiger partial charge in [0.25, 0.3) is 10.1 Å². The van der Waals surface area contributed by atoms with Crippen molar-refractivity contribution in [3.63, 3.8) is 0 Å². The molecular formula is C9H11NO5S. The lowest BCUT2D eigenvalue weighted by Crippen LogP contribution is -2.26. The summed E-state index contributed by atoms with van der Waals surface area (Å²) in [6.07, 6.45) is 0. The Morgan fingerprint density at radius 1 is 1.38 bits per heavy atom. The zero-order chi connectivity index (χ0) is 12.3. The van der Waals surface area contributed by atoms with E-state index in [2.05, 4.69) is 5.32 Å². The third-order valence-corrected chi connectivity index (χ3v) is 2.82. The van der Waals surface area contributed by atoms with Crippen molar-refractivity contribution in [2.24, 2.45) is 0 Å². The Balaban J connectivity index is 3.10. The Labute approximate surface area is 92.7 Å². The van der Waals surface area contributed by atoms with Crippen LogP contribution in [0, 0.1) is 0 Å². The Bertz CT molecular complexity index is 496. The van der Waals surface area contributed by atoms with Crippen molar-refractivity contribution in [3.8, 4) is 0 Å². The molecule has 16 heavy (non-hydrogen) atoms. The number of carboxylic acid groups (broad SMARTS) is 1. The number of carbonyl (C=O) groups is 1. The van der Waals surface area contributed by atoms with Crippen LogP contribution in [0.2, 0.25) is 0 Å². The first-order valence-electron chi connectivity index (χ1n) is 4.38. The van der Waals surface area contributed by atoms with Gasteiger partial charge < -0.3 is 10.4 Å². The van der Waals surface area contributed by atoms with E-state index < -0.39 is 22.1 Å². The Morgan fingerprint density at radius 2 is 1.94 bits per heavy atom. The molecule has 3 N–H and O–H groups in total. The van der Waals surface area contributed by atoms with E-state index in [1.54, 1.807) is 0 Å². The smallest absolute Gasteiger partial charge is 0.325 e. The molecule has 0 aliphatic heterocycles. The van der Waals surface area contributed by atoms with Crippen molar-refractivity contribution >= 4 is 21.8 Å². The fraction of sp³-hybridized carbons (Fsp3) is 0.222. The molecule has 0 aliphatic carbocycles. The second-order valence-electron chi connectivity index (χ2n) is 3.18. The van der Waals surface area contributed by atoms with Crippen molar-refractivity contribution in [2.75, 3.05) is 5.32 Å². The lowest BCUT2D eigenvalue weighted by Gasteiger charge is -2.13. The highest BCUT2D eigenvalue weighted by Gasteiger charge is 2.18.